The molecule has 0 bridgehead atoms. The van der Waals surface area contributed by atoms with Crippen LogP contribution in [0.4, 0.5) is 0 Å². The van der Waals surface area contributed by atoms with Crippen LogP contribution in [0.15, 0.2) is 0 Å². The van der Waals surface area contributed by atoms with Gasteiger partial charge in [-0.2, -0.15) is 0 Å². The van der Waals surface area contributed by atoms with Gasteiger partial charge in [-0.05, 0) is 6.32 Å². The predicted molar refractivity (Wildman–Crippen MR) is 24.2 cm³/mol. The lowest BCUT2D eigenvalue weighted by molar-refractivity contribution is 0.757. The van der Waals surface area contributed by atoms with Crippen molar-refractivity contribution in [2.75, 3.05) is 6.54 Å². The molecule has 0 atom stereocenters. The standard InChI is InChI=1S/C2H7BN2/c1-2-4-5-3-1/h3-5H,1-2H2/p+1. The molecule has 0 aromatic rings. The molecule has 0 saturated carbocycles. The molecule has 1 heterocycles. The molecule has 0 radical (unpaired) electrons. The van der Waals surface area contributed by atoms with Crippen LogP contribution in [-0.4, -0.2) is 14.0 Å². The molecule has 1 aliphatic heterocycles. The van der Waals surface area contributed by atoms with Gasteiger partial charge in [-0.3, -0.25) is 5.43 Å². The lowest BCUT2D eigenvalue weighted by Gasteiger charge is -1.81. The van der Waals surface area contributed by atoms with E-state index in [-0.39, 0.29) is 1.43 Å². The van der Waals surface area contributed by atoms with E-state index in [1.54, 1.807) is 0 Å². The fourth-order valence-corrected chi connectivity index (χ4v) is 0.442. The van der Waals surface area contributed by atoms with Gasteiger partial charge < -0.3 is 5.34 Å². The quantitative estimate of drug-likeness (QED) is 0.357. The third kappa shape index (κ3) is 0.632. The van der Waals surface area contributed by atoms with Gasteiger partial charge >= 0.3 is 1.43 Å². The van der Waals surface area contributed by atoms with Crippen molar-refractivity contribution in [1.29, 1.82) is 0 Å². The van der Waals surface area contributed by atoms with E-state index in [4.69, 9.17) is 0 Å². The van der Waals surface area contributed by atoms with Gasteiger partial charge in [-0.1, -0.05) is 0 Å². The Morgan fingerprint density at radius 1 is 1.80 bits per heavy atom. The molecule has 1 fully saturated rings. The van der Waals surface area contributed by atoms with Gasteiger partial charge in [-0.15, -0.1) is 0 Å². The lowest BCUT2D eigenvalue weighted by Crippen LogP contribution is -2.23. The summed E-state index contributed by atoms with van der Waals surface area (Å²) in [7, 11) is 1.14. The van der Waals surface area contributed by atoms with E-state index in [1.807, 2.05) is 0 Å². The molecule has 1 aliphatic rings. The molecule has 0 aliphatic carbocycles. The Morgan fingerprint density at radius 2 is 2.80 bits per heavy atom. The van der Waals surface area contributed by atoms with Gasteiger partial charge in [0, 0.05) is 6.54 Å². The second kappa shape index (κ2) is 1.43. The summed E-state index contributed by atoms with van der Waals surface area (Å²) in [5.41, 5.74) is 2.97. The minimum Gasteiger partial charge on any atom is -0.301 e. The molecular formula is C2H8BN2+. The van der Waals surface area contributed by atoms with Crippen LogP contribution >= 0.6 is 0 Å². The average molecular weight is 70.9 g/mol. The number of nitrogens with one attached hydrogen (secondary N) is 2. The SMILES string of the molecule is B1CCNN1.[H+]. The minimum absolute atomic E-state index is 0. The third-order valence-electron chi connectivity index (χ3n) is 0.729. The molecule has 1 saturated heterocycles. The van der Waals surface area contributed by atoms with Crippen LogP contribution in [0.3, 0.4) is 0 Å². The van der Waals surface area contributed by atoms with Crippen LogP contribution in [0.1, 0.15) is 1.43 Å². The summed E-state index contributed by atoms with van der Waals surface area (Å²) in [6, 6.07) is 0. The number of hydrogen-bond donors (Lipinski definition) is 2. The van der Waals surface area contributed by atoms with Crippen molar-refractivity contribution in [3.05, 3.63) is 0 Å². The van der Waals surface area contributed by atoms with E-state index >= 15 is 0 Å². The Hall–Kier alpha value is -0.0151. The third-order valence-corrected chi connectivity index (χ3v) is 0.729. The summed E-state index contributed by atoms with van der Waals surface area (Å²) in [6.45, 7) is 1.14. The Kier molecular flexibility index (Phi) is 0.910. The maximum absolute atomic E-state index is 2.97. The average Bonchev–Trinajstić information content (AvgIpc) is 1.76. The Bertz CT molecular complexity index is 23.1. The summed E-state index contributed by atoms with van der Waals surface area (Å²) in [4.78, 5) is 0. The van der Waals surface area contributed by atoms with E-state index in [1.165, 1.54) is 6.32 Å². The summed E-state index contributed by atoms with van der Waals surface area (Å²) >= 11 is 0. The highest BCUT2D eigenvalue weighted by atomic mass is 15.3. The first-order valence-corrected chi connectivity index (χ1v) is 1.96. The molecule has 0 aromatic carbocycles. The molecule has 0 unspecified atom stereocenters. The molecule has 2 N–H and O–H groups in total. The topological polar surface area (TPSA) is 24.1 Å². The van der Waals surface area contributed by atoms with Crippen molar-refractivity contribution in [2.24, 2.45) is 0 Å². The van der Waals surface area contributed by atoms with Gasteiger partial charge in [0.2, 0.25) is 7.41 Å². The number of hydrogen-bond acceptors (Lipinski definition) is 2. The molecule has 5 heavy (non-hydrogen) atoms. The van der Waals surface area contributed by atoms with Gasteiger partial charge in [-0.25, -0.2) is 0 Å². The zero-order valence-corrected chi connectivity index (χ0v) is 3.12. The zero-order chi connectivity index (χ0) is 3.54. The highest BCUT2D eigenvalue weighted by molar-refractivity contribution is 6.32. The summed E-state index contributed by atoms with van der Waals surface area (Å²) < 4.78 is 0. The number of hydrazine groups is 1. The number of rotatable bonds is 0. The fourth-order valence-electron chi connectivity index (χ4n) is 0.442. The molecule has 28 valence electrons. The Labute approximate surface area is 33.7 Å². The molecule has 0 amide bonds. The van der Waals surface area contributed by atoms with Gasteiger partial charge in [0.25, 0.3) is 0 Å². The molecule has 0 spiro atoms. The molecule has 2 nitrogen and oxygen atoms in total. The van der Waals surface area contributed by atoms with Crippen molar-refractivity contribution in [3.8, 4) is 0 Å². The van der Waals surface area contributed by atoms with E-state index in [2.05, 4.69) is 10.8 Å². The summed E-state index contributed by atoms with van der Waals surface area (Å²) in [6.07, 6.45) is 1.28. The minimum atomic E-state index is 0. The van der Waals surface area contributed by atoms with E-state index < -0.39 is 0 Å². The smallest absolute Gasteiger partial charge is 0.301 e. The van der Waals surface area contributed by atoms with Crippen LogP contribution in [0.2, 0.25) is 6.32 Å². The highest BCUT2D eigenvalue weighted by Gasteiger charge is 1.94. The van der Waals surface area contributed by atoms with Gasteiger partial charge in [0.05, 0.1) is 0 Å². The van der Waals surface area contributed by atoms with Gasteiger partial charge in [0.1, 0.15) is 0 Å². The first kappa shape index (κ1) is 3.19. The van der Waals surface area contributed by atoms with Crippen LogP contribution < -0.4 is 10.8 Å². The summed E-state index contributed by atoms with van der Waals surface area (Å²) in [5.74, 6) is 0. The molecule has 0 aromatic heterocycles. The molecular weight excluding hydrogens is 62.8 g/mol. The van der Waals surface area contributed by atoms with Crippen molar-refractivity contribution in [3.63, 3.8) is 0 Å². The van der Waals surface area contributed by atoms with Crippen LogP contribution in [0.25, 0.3) is 0 Å². The first-order chi connectivity index (χ1) is 2.50. The van der Waals surface area contributed by atoms with Crippen molar-refractivity contribution in [1.82, 2.24) is 10.8 Å². The second-order valence-electron chi connectivity index (χ2n) is 1.21. The first-order valence-electron chi connectivity index (χ1n) is 1.96. The van der Waals surface area contributed by atoms with E-state index in [0.717, 1.165) is 14.0 Å². The van der Waals surface area contributed by atoms with Gasteiger partial charge in [0.15, 0.2) is 0 Å². The summed E-state index contributed by atoms with van der Waals surface area (Å²) in [5, 5.41) is 2.97. The maximum Gasteiger partial charge on any atom is 1.00 e. The highest BCUT2D eigenvalue weighted by Crippen LogP contribution is 1.73. The fraction of sp³-hybridized carbons (Fsp3) is 1.00. The Morgan fingerprint density at radius 3 is 3.00 bits per heavy atom. The van der Waals surface area contributed by atoms with Crippen LogP contribution in [-0.2, 0) is 0 Å². The predicted octanol–water partition coefficient (Wildman–Crippen LogP) is -1.02. The lowest BCUT2D eigenvalue weighted by atomic mass is 9.94. The van der Waals surface area contributed by atoms with Crippen LogP contribution in [0, 0.1) is 0 Å². The largest absolute Gasteiger partial charge is 1.00 e. The molecule has 3 heteroatoms. The zero-order valence-electron chi connectivity index (χ0n) is 4.12. The van der Waals surface area contributed by atoms with E-state index in [9.17, 15) is 0 Å². The van der Waals surface area contributed by atoms with Crippen molar-refractivity contribution >= 4 is 7.41 Å². The van der Waals surface area contributed by atoms with Crippen molar-refractivity contribution < 1.29 is 1.43 Å². The second-order valence-corrected chi connectivity index (χ2v) is 1.21. The van der Waals surface area contributed by atoms with E-state index in [0.29, 0.717) is 0 Å². The monoisotopic (exact) mass is 71.1 g/mol. The molecule has 1 rings (SSSR count). The maximum atomic E-state index is 2.97. The normalized spacial score (nSPS) is 22.4. The Balaban J connectivity index is 0.000000250. The van der Waals surface area contributed by atoms with Crippen molar-refractivity contribution in [2.45, 2.75) is 6.32 Å². The van der Waals surface area contributed by atoms with Crippen LogP contribution in [0.5, 0.6) is 0 Å².